The Labute approximate surface area is 188 Å². The molecule has 0 amide bonds. The summed E-state index contributed by atoms with van der Waals surface area (Å²) in [6.45, 7) is 7.77. The summed E-state index contributed by atoms with van der Waals surface area (Å²) in [6.07, 6.45) is 2.06. The molecule has 1 saturated heterocycles. The first-order valence-corrected chi connectivity index (χ1v) is 11.9. The number of carbonyl (C=O) groups is 2. The Balaban J connectivity index is 1.65. The fraction of sp³-hybridized carbons (Fsp3) is 0.478. The van der Waals surface area contributed by atoms with Gasteiger partial charge in [-0.25, -0.2) is 13.2 Å². The minimum Gasteiger partial charge on any atom is -0.465 e. The van der Waals surface area contributed by atoms with E-state index < -0.39 is 27.9 Å². The number of esters is 2. The van der Waals surface area contributed by atoms with Gasteiger partial charge in [-0.15, -0.1) is 0 Å². The molecule has 0 unspecified atom stereocenters. The lowest BCUT2D eigenvalue weighted by molar-refractivity contribution is -0.151. The Morgan fingerprint density at radius 2 is 1.69 bits per heavy atom. The van der Waals surface area contributed by atoms with Crippen LogP contribution >= 0.6 is 0 Å². The number of piperidine rings is 1. The van der Waals surface area contributed by atoms with E-state index in [1.807, 2.05) is 33.8 Å². The highest BCUT2D eigenvalue weighted by Crippen LogP contribution is 2.31. The van der Waals surface area contributed by atoms with Gasteiger partial charge in [0.15, 0.2) is 5.76 Å². The van der Waals surface area contributed by atoms with Crippen molar-refractivity contribution in [3.8, 4) is 0 Å². The molecule has 0 radical (unpaired) electrons. The zero-order valence-electron chi connectivity index (χ0n) is 19.1. The number of hydrogen-bond acceptors (Lipinski definition) is 7. The molecule has 1 aliphatic heterocycles. The molecule has 174 valence electrons. The summed E-state index contributed by atoms with van der Waals surface area (Å²) < 4.78 is 43.4. The van der Waals surface area contributed by atoms with E-state index >= 15 is 0 Å². The molecule has 0 atom stereocenters. The SMILES string of the molecule is COC(=O)c1ccoc1COC(=O)C1CCN(S(=O)(=O)c2c(C)c(C)cc(C)c2C)CC1. The van der Waals surface area contributed by atoms with Crippen molar-refractivity contribution in [2.75, 3.05) is 20.2 Å². The van der Waals surface area contributed by atoms with Crippen molar-refractivity contribution in [3.05, 3.63) is 52.0 Å². The van der Waals surface area contributed by atoms with E-state index in [0.29, 0.717) is 17.7 Å². The molecule has 0 bridgehead atoms. The Kier molecular flexibility index (Phi) is 7.09. The summed E-state index contributed by atoms with van der Waals surface area (Å²) in [6, 6.07) is 3.45. The number of methoxy groups -OCH3 is 1. The Morgan fingerprint density at radius 1 is 1.09 bits per heavy atom. The lowest BCUT2D eigenvalue weighted by Gasteiger charge is -2.31. The molecule has 9 heteroatoms. The van der Waals surface area contributed by atoms with Crippen LogP contribution in [-0.4, -0.2) is 44.9 Å². The second kappa shape index (κ2) is 9.46. The van der Waals surface area contributed by atoms with Gasteiger partial charge in [-0.1, -0.05) is 6.07 Å². The first-order valence-electron chi connectivity index (χ1n) is 10.5. The van der Waals surface area contributed by atoms with E-state index in [9.17, 15) is 18.0 Å². The summed E-state index contributed by atoms with van der Waals surface area (Å²) in [5, 5.41) is 0. The molecule has 0 aliphatic carbocycles. The number of rotatable bonds is 6. The molecule has 8 nitrogen and oxygen atoms in total. The van der Waals surface area contributed by atoms with Crippen molar-refractivity contribution in [3.63, 3.8) is 0 Å². The maximum Gasteiger partial charge on any atom is 0.341 e. The molecular formula is C23H29NO7S. The Morgan fingerprint density at radius 3 is 2.25 bits per heavy atom. The lowest BCUT2D eigenvalue weighted by atomic mass is 9.98. The third-order valence-electron chi connectivity index (χ3n) is 6.18. The molecule has 0 N–H and O–H groups in total. The van der Waals surface area contributed by atoms with E-state index in [1.54, 1.807) is 0 Å². The van der Waals surface area contributed by atoms with Crippen LogP contribution in [0.15, 0.2) is 27.7 Å². The van der Waals surface area contributed by atoms with Crippen molar-refractivity contribution < 1.29 is 31.9 Å². The highest BCUT2D eigenvalue weighted by atomic mass is 32.2. The monoisotopic (exact) mass is 463 g/mol. The zero-order chi connectivity index (χ0) is 23.6. The van der Waals surface area contributed by atoms with E-state index in [0.717, 1.165) is 22.3 Å². The molecule has 2 aromatic rings. The lowest BCUT2D eigenvalue weighted by Crippen LogP contribution is -2.41. The highest BCUT2D eigenvalue weighted by molar-refractivity contribution is 7.89. The van der Waals surface area contributed by atoms with Crippen LogP contribution in [0.3, 0.4) is 0 Å². The molecule has 1 aliphatic rings. The van der Waals surface area contributed by atoms with Crippen LogP contribution in [0.5, 0.6) is 0 Å². The van der Waals surface area contributed by atoms with Gasteiger partial charge in [0, 0.05) is 13.1 Å². The van der Waals surface area contributed by atoms with Crippen LogP contribution < -0.4 is 0 Å². The predicted molar refractivity (Wildman–Crippen MR) is 117 cm³/mol. The van der Waals surface area contributed by atoms with Crippen molar-refractivity contribution in [1.29, 1.82) is 0 Å². The van der Waals surface area contributed by atoms with Gasteiger partial charge in [0.2, 0.25) is 10.0 Å². The van der Waals surface area contributed by atoms with Gasteiger partial charge >= 0.3 is 11.9 Å². The maximum atomic E-state index is 13.4. The number of furan rings is 1. The van der Waals surface area contributed by atoms with Crippen molar-refractivity contribution >= 4 is 22.0 Å². The van der Waals surface area contributed by atoms with Crippen LogP contribution in [0.4, 0.5) is 0 Å². The minimum atomic E-state index is -3.67. The van der Waals surface area contributed by atoms with Gasteiger partial charge in [-0.3, -0.25) is 4.79 Å². The second-order valence-electron chi connectivity index (χ2n) is 8.12. The van der Waals surface area contributed by atoms with E-state index in [4.69, 9.17) is 9.15 Å². The summed E-state index contributed by atoms with van der Waals surface area (Å²) in [7, 11) is -2.41. The Bertz CT molecular complexity index is 1100. The molecule has 0 saturated carbocycles. The summed E-state index contributed by atoms with van der Waals surface area (Å²) >= 11 is 0. The van der Waals surface area contributed by atoms with Gasteiger partial charge in [-0.2, -0.15) is 4.31 Å². The average molecular weight is 464 g/mol. The largest absolute Gasteiger partial charge is 0.465 e. The van der Waals surface area contributed by atoms with E-state index in [2.05, 4.69) is 4.74 Å². The van der Waals surface area contributed by atoms with Crippen LogP contribution in [0.25, 0.3) is 0 Å². The van der Waals surface area contributed by atoms with Gasteiger partial charge in [0.25, 0.3) is 0 Å². The molecule has 2 heterocycles. The summed E-state index contributed by atoms with van der Waals surface area (Å²) in [4.78, 5) is 24.6. The van der Waals surface area contributed by atoms with Gasteiger partial charge < -0.3 is 13.9 Å². The number of sulfonamides is 1. The number of carbonyl (C=O) groups excluding carboxylic acids is 2. The Hall–Kier alpha value is -2.65. The number of ether oxygens (including phenoxy) is 2. The van der Waals surface area contributed by atoms with Crippen molar-refractivity contribution in [2.24, 2.45) is 5.92 Å². The zero-order valence-corrected chi connectivity index (χ0v) is 19.9. The number of aryl methyl sites for hydroxylation is 2. The molecule has 1 aromatic carbocycles. The van der Waals surface area contributed by atoms with Crippen LogP contribution in [-0.2, 0) is 30.9 Å². The molecule has 1 aromatic heterocycles. The first kappa shape index (κ1) is 24.0. The topological polar surface area (TPSA) is 103 Å². The fourth-order valence-electron chi connectivity index (χ4n) is 4.03. The van der Waals surface area contributed by atoms with Crippen LogP contribution in [0.1, 0.15) is 51.2 Å². The van der Waals surface area contributed by atoms with E-state index in [-0.39, 0.29) is 31.0 Å². The number of nitrogens with zero attached hydrogens (tertiary/aromatic N) is 1. The molecule has 1 fully saturated rings. The summed E-state index contributed by atoms with van der Waals surface area (Å²) in [5.41, 5.74) is 3.60. The predicted octanol–water partition coefficient (Wildman–Crippen LogP) is 3.44. The fourth-order valence-corrected chi connectivity index (χ4v) is 6.07. The first-order chi connectivity index (χ1) is 15.1. The number of hydrogen-bond donors (Lipinski definition) is 0. The highest BCUT2D eigenvalue weighted by Gasteiger charge is 2.35. The second-order valence-corrected chi connectivity index (χ2v) is 10.00. The van der Waals surface area contributed by atoms with Gasteiger partial charge in [0.1, 0.15) is 12.2 Å². The quantitative estimate of drug-likeness (QED) is 0.605. The van der Waals surface area contributed by atoms with Crippen LogP contribution in [0, 0.1) is 33.6 Å². The minimum absolute atomic E-state index is 0.185. The third-order valence-corrected chi connectivity index (χ3v) is 8.35. The average Bonchev–Trinajstić information content (AvgIpc) is 3.24. The van der Waals surface area contributed by atoms with Crippen LogP contribution in [0.2, 0.25) is 0 Å². The molecule has 32 heavy (non-hydrogen) atoms. The number of benzene rings is 1. The molecular weight excluding hydrogens is 434 g/mol. The summed E-state index contributed by atoms with van der Waals surface area (Å²) in [5.74, 6) is -1.21. The standard InChI is InChI=1S/C23H29NO7S/c1-14-12-15(2)17(4)21(16(14)3)32(27,28)24-9-6-18(7-10-24)22(25)31-13-20-19(8-11-30-20)23(26)29-5/h8,11-12,18H,6-7,9-10,13H2,1-5H3. The molecule has 3 rings (SSSR count). The van der Waals surface area contributed by atoms with Crippen molar-refractivity contribution in [2.45, 2.75) is 52.0 Å². The van der Waals surface area contributed by atoms with Gasteiger partial charge in [-0.05, 0) is 68.9 Å². The normalized spacial score (nSPS) is 15.5. The third kappa shape index (κ3) is 4.59. The van der Waals surface area contributed by atoms with E-state index in [1.165, 1.54) is 23.7 Å². The van der Waals surface area contributed by atoms with Gasteiger partial charge in [0.05, 0.1) is 24.2 Å². The smallest absolute Gasteiger partial charge is 0.341 e. The van der Waals surface area contributed by atoms with Crippen molar-refractivity contribution in [1.82, 2.24) is 4.31 Å². The maximum absolute atomic E-state index is 13.4. The molecule has 0 spiro atoms.